The zero-order chi connectivity index (χ0) is 11.4. The molecule has 1 rings (SSSR count). The highest BCUT2D eigenvalue weighted by Gasteiger charge is 2.15. The van der Waals surface area contributed by atoms with Crippen molar-refractivity contribution in [3.05, 3.63) is 34.6 Å². The van der Waals surface area contributed by atoms with Gasteiger partial charge in [-0.15, -0.1) is 0 Å². The Hall–Kier alpha value is -0.640. The van der Waals surface area contributed by atoms with Gasteiger partial charge in [-0.3, -0.25) is 0 Å². The number of halogens is 2. The molecule has 0 spiro atoms. The van der Waals surface area contributed by atoms with E-state index in [0.717, 1.165) is 0 Å². The van der Waals surface area contributed by atoms with Gasteiger partial charge in [-0.2, -0.15) is 0 Å². The summed E-state index contributed by atoms with van der Waals surface area (Å²) in [4.78, 5) is 0. The fourth-order valence-electron chi connectivity index (χ4n) is 1.39. The van der Waals surface area contributed by atoms with E-state index in [1.54, 1.807) is 0 Å². The summed E-state index contributed by atoms with van der Waals surface area (Å²) in [6, 6.07) is 3.74. The number of aliphatic hydroxyl groups excluding tert-OH is 1. The molecule has 2 nitrogen and oxygen atoms in total. The predicted octanol–water partition coefficient (Wildman–Crippen LogP) is 2.12. The van der Waals surface area contributed by atoms with Gasteiger partial charge in [0.2, 0.25) is 0 Å². The van der Waals surface area contributed by atoms with E-state index in [1.807, 2.05) is 6.92 Å². The van der Waals surface area contributed by atoms with Crippen LogP contribution in [0.3, 0.4) is 0 Å². The summed E-state index contributed by atoms with van der Waals surface area (Å²) in [6.07, 6.45) is 0.379. The van der Waals surface area contributed by atoms with Crippen LogP contribution in [0.4, 0.5) is 4.39 Å². The van der Waals surface area contributed by atoms with Crippen LogP contribution in [0.5, 0.6) is 0 Å². The van der Waals surface area contributed by atoms with Gasteiger partial charge in [0.25, 0.3) is 0 Å². The summed E-state index contributed by atoms with van der Waals surface area (Å²) < 4.78 is 12.9. The molecule has 0 saturated heterocycles. The third-order valence-electron chi connectivity index (χ3n) is 2.38. The minimum absolute atomic E-state index is 0.340. The molecule has 1 aromatic rings. The maximum Gasteiger partial charge on any atom is 0.123 e. The van der Waals surface area contributed by atoms with E-state index in [4.69, 9.17) is 17.3 Å². The average molecular weight is 232 g/mol. The van der Waals surface area contributed by atoms with Crippen molar-refractivity contribution in [1.29, 1.82) is 0 Å². The summed E-state index contributed by atoms with van der Waals surface area (Å²) in [5.74, 6) is -0.340. The van der Waals surface area contributed by atoms with E-state index in [1.165, 1.54) is 18.2 Å². The zero-order valence-corrected chi connectivity index (χ0v) is 9.34. The molecular weight excluding hydrogens is 217 g/mol. The molecule has 0 saturated carbocycles. The maximum atomic E-state index is 12.9. The van der Waals surface area contributed by atoms with Crippen molar-refractivity contribution in [1.82, 2.24) is 0 Å². The number of benzene rings is 1. The minimum atomic E-state index is -0.579. The van der Waals surface area contributed by atoms with E-state index in [9.17, 15) is 9.50 Å². The molecule has 84 valence electrons. The van der Waals surface area contributed by atoms with E-state index >= 15 is 0 Å². The lowest BCUT2D eigenvalue weighted by atomic mass is 10.0. The molecule has 0 bridgehead atoms. The van der Waals surface area contributed by atoms with Crippen LogP contribution in [0.1, 0.15) is 18.9 Å². The molecule has 0 radical (unpaired) electrons. The summed E-state index contributed by atoms with van der Waals surface area (Å²) in [6.45, 7) is 1.84. The third kappa shape index (κ3) is 3.45. The largest absolute Gasteiger partial charge is 0.392 e. The third-order valence-corrected chi connectivity index (χ3v) is 2.74. The van der Waals surface area contributed by atoms with Gasteiger partial charge in [0, 0.05) is 11.1 Å². The lowest BCUT2D eigenvalue weighted by molar-refractivity contribution is 0.140. The second-order valence-corrected chi connectivity index (χ2v) is 3.99. The number of nitrogens with two attached hydrogens (primary N) is 1. The maximum absolute atomic E-state index is 12.9. The van der Waals surface area contributed by atoms with Gasteiger partial charge in [-0.05, 0) is 36.6 Å². The van der Waals surface area contributed by atoms with Crippen LogP contribution in [-0.4, -0.2) is 17.3 Å². The fraction of sp³-hybridized carbons (Fsp3) is 0.455. The van der Waals surface area contributed by atoms with Crippen LogP contribution in [0.15, 0.2) is 18.2 Å². The summed E-state index contributed by atoms with van der Waals surface area (Å²) >= 11 is 5.88. The van der Waals surface area contributed by atoms with Crippen molar-refractivity contribution in [2.24, 2.45) is 5.73 Å². The molecule has 0 aliphatic heterocycles. The predicted molar refractivity (Wildman–Crippen MR) is 59.4 cm³/mol. The Kier molecular flexibility index (Phi) is 4.51. The van der Waals surface area contributed by atoms with Gasteiger partial charge in [-0.25, -0.2) is 4.39 Å². The van der Waals surface area contributed by atoms with Gasteiger partial charge in [0.1, 0.15) is 5.82 Å². The molecular formula is C11H15ClFNO. The Morgan fingerprint density at radius 3 is 2.80 bits per heavy atom. The second kappa shape index (κ2) is 5.45. The molecule has 2 atom stereocenters. The summed E-state index contributed by atoms with van der Waals surface area (Å²) in [5.41, 5.74) is 6.38. The smallest absolute Gasteiger partial charge is 0.123 e. The SMILES string of the molecule is CCC(O)C(N)Cc1cc(F)ccc1Cl. The molecule has 0 aromatic heterocycles. The number of hydrogen-bond acceptors (Lipinski definition) is 2. The highest BCUT2D eigenvalue weighted by atomic mass is 35.5. The van der Waals surface area contributed by atoms with Gasteiger partial charge in [0.05, 0.1) is 6.10 Å². The van der Waals surface area contributed by atoms with Crippen molar-refractivity contribution in [3.8, 4) is 0 Å². The standard InChI is InChI=1S/C11H15ClFNO/c1-2-11(15)10(14)6-7-5-8(13)3-4-9(7)12/h3-5,10-11,15H,2,6,14H2,1H3. The first-order valence-electron chi connectivity index (χ1n) is 4.92. The van der Waals surface area contributed by atoms with Gasteiger partial charge < -0.3 is 10.8 Å². The Bertz CT molecular complexity index is 332. The molecule has 0 aliphatic rings. The first kappa shape index (κ1) is 12.4. The van der Waals surface area contributed by atoms with Crippen LogP contribution in [0.25, 0.3) is 0 Å². The summed E-state index contributed by atoms with van der Waals surface area (Å²) in [7, 11) is 0. The zero-order valence-electron chi connectivity index (χ0n) is 8.58. The molecule has 0 heterocycles. The van der Waals surface area contributed by atoms with Crippen molar-refractivity contribution in [2.75, 3.05) is 0 Å². The van der Waals surface area contributed by atoms with Gasteiger partial charge >= 0.3 is 0 Å². The molecule has 15 heavy (non-hydrogen) atoms. The number of aliphatic hydroxyl groups is 1. The lowest BCUT2D eigenvalue weighted by Crippen LogP contribution is -2.36. The Morgan fingerprint density at radius 1 is 1.53 bits per heavy atom. The second-order valence-electron chi connectivity index (χ2n) is 3.58. The van der Waals surface area contributed by atoms with Crippen molar-refractivity contribution >= 4 is 11.6 Å². The highest BCUT2D eigenvalue weighted by Crippen LogP contribution is 2.19. The first-order valence-corrected chi connectivity index (χ1v) is 5.30. The molecule has 2 unspecified atom stereocenters. The van der Waals surface area contributed by atoms with Crippen molar-refractivity contribution < 1.29 is 9.50 Å². The van der Waals surface area contributed by atoms with E-state index < -0.39 is 12.1 Å². The number of hydrogen-bond donors (Lipinski definition) is 2. The average Bonchev–Trinajstić information content (AvgIpc) is 2.22. The Balaban J connectivity index is 2.75. The first-order chi connectivity index (χ1) is 7.04. The molecule has 0 fully saturated rings. The lowest BCUT2D eigenvalue weighted by Gasteiger charge is -2.17. The number of rotatable bonds is 4. The monoisotopic (exact) mass is 231 g/mol. The fourth-order valence-corrected chi connectivity index (χ4v) is 1.59. The topological polar surface area (TPSA) is 46.2 Å². The molecule has 3 N–H and O–H groups in total. The van der Waals surface area contributed by atoms with Gasteiger partial charge in [-0.1, -0.05) is 18.5 Å². The van der Waals surface area contributed by atoms with Gasteiger partial charge in [0.15, 0.2) is 0 Å². The van der Waals surface area contributed by atoms with Crippen molar-refractivity contribution in [2.45, 2.75) is 31.9 Å². The van der Waals surface area contributed by atoms with E-state index in [2.05, 4.69) is 0 Å². The molecule has 1 aromatic carbocycles. The highest BCUT2D eigenvalue weighted by molar-refractivity contribution is 6.31. The van der Waals surface area contributed by atoms with E-state index in [-0.39, 0.29) is 5.82 Å². The molecule has 0 aliphatic carbocycles. The van der Waals surface area contributed by atoms with Crippen LogP contribution in [0, 0.1) is 5.82 Å². The quantitative estimate of drug-likeness (QED) is 0.834. The van der Waals surface area contributed by atoms with Crippen LogP contribution in [0.2, 0.25) is 5.02 Å². The molecule has 0 amide bonds. The van der Waals surface area contributed by atoms with Crippen molar-refractivity contribution in [3.63, 3.8) is 0 Å². The normalized spacial score (nSPS) is 15.0. The van der Waals surface area contributed by atoms with Crippen LogP contribution >= 0.6 is 11.6 Å². The molecule has 4 heteroatoms. The van der Waals surface area contributed by atoms with Crippen LogP contribution < -0.4 is 5.73 Å². The minimum Gasteiger partial charge on any atom is -0.392 e. The van der Waals surface area contributed by atoms with E-state index in [0.29, 0.717) is 23.4 Å². The Morgan fingerprint density at radius 2 is 2.20 bits per heavy atom. The Labute approximate surface area is 93.9 Å². The van der Waals surface area contributed by atoms with Crippen LogP contribution in [-0.2, 0) is 6.42 Å². The summed E-state index contributed by atoms with van der Waals surface area (Å²) in [5, 5.41) is 9.97.